The molecular formula is C32H38F3NO4. The fourth-order valence-electron chi connectivity index (χ4n) is 4.28. The quantitative estimate of drug-likeness (QED) is 0.133. The fraction of sp³-hybridized carbons (Fsp3) is 0.406. The molecule has 0 aliphatic heterocycles. The highest BCUT2D eigenvalue weighted by atomic mass is 19.4. The largest absolute Gasteiger partial charge is 0.573 e. The van der Waals surface area contributed by atoms with E-state index in [9.17, 15) is 18.0 Å². The molecule has 0 radical (unpaired) electrons. The topological polar surface area (TPSA) is 56.8 Å². The summed E-state index contributed by atoms with van der Waals surface area (Å²) in [6, 6.07) is 22.0. The van der Waals surface area contributed by atoms with Crippen molar-refractivity contribution in [1.29, 1.82) is 0 Å². The van der Waals surface area contributed by atoms with Gasteiger partial charge >= 0.3 is 12.3 Å². The Labute approximate surface area is 234 Å². The molecule has 3 rings (SSSR count). The summed E-state index contributed by atoms with van der Waals surface area (Å²) < 4.78 is 52.6. The Kier molecular flexibility index (Phi) is 12.7. The van der Waals surface area contributed by atoms with Crippen LogP contribution in [0.25, 0.3) is 11.1 Å². The van der Waals surface area contributed by atoms with Gasteiger partial charge in [0.15, 0.2) is 0 Å². The van der Waals surface area contributed by atoms with E-state index in [1.807, 2.05) is 36.4 Å². The van der Waals surface area contributed by atoms with Crippen molar-refractivity contribution in [2.45, 2.75) is 64.7 Å². The van der Waals surface area contributed by atoms with Crippen molar-refractivity contribution in [3.8, 4) is 22.6 Å². The minimum Gasteiger partial charge on any atom is -0.491 e. The lowest BCUT2D eigenvalue weighted by molar-refractivity contribution is -0.274. The number of nitrogens with one attached hydrogen (secondary N) is 1. The van der Waals surface area contributed by atoms with Crippen molar-refractivity contribution in [3.05, 3.63) is 78.4 Å². The summed E-state index contributed by atoms with van der Waals surface area (Å²) >= 11 is 0. The lowest BCUT2D eigenvalue weighted by Crippen LogP contribution is -2.16. The molecule has 0 amide bonds. The number of carbonyl (C=O) groups excluding carboxylic acids is 1. The Hall–Kier alpha value is -3.68. The third-order valence-electron chi connectivity index (χ3n) is 6.29. The molecule has 0 unspecified atom stereocenters. The van der Waals surface area contributed by atoms with E-state index in [-0.39, 0.29) is 11.7 Å². The summed E-state index contributed by atoms with van der Waals surface area (Å²) in [6.45, 7) is 3.52. The van der Waals surface area contributed by atoms with Crippen LogP contribution in [0.3, 0.4) is 0 Å². The molecule has 3 aromatic carbocycles. The fourth-order valence-corrected chi connectivity index (χ4v) is 4.28. The van der Waals surface area contributed by atoms with Gasteiger partial charge in [-0.3, -0.25) is 4.79 Å². The van der Waals surface area contributed by atoms with Crippen LogP contribution in [0.15, 0.2) is 72.8 Å². The zero-order chi connectivity index (χ0) is 28.6. The average molecular weight is 558 g/mol. The summed E-state index contributed by atoms with van der Waals surface area (Å²) in [5, 5.41) is 3.49. The Morgan fingerprint density at radius 3 is 2.27 bits per heavy atom. The van der Waals surface area contributed by atoms with Gasteiger partial charge in [0.1, 0.15) is 11.5 Å². The molecule has 0 bridgehead atoms. The molecule has 3 aromatic rings. The van der Waals surface area contributed by atoms with Gasteiger partial charge in [-0.1, -0.05) is 61.4 Å². The predicted octanol–water partition coefficient (Wildman–Crippen LogP) is 8.58. The normalized spacial score (nSPS) is 11.2. The van der Waals surface area contributed by atoms with Gasteiger partial charge < -0.3 is 19.5 Å². The first-order chi connectivity index (χ1) is 19.3. The number of alkyl halides is 3. The number of hydrogen-bond acceptors (Lipinski definition) is 5. The van der Waals surface area contributed by atoms with Crippen molar-refractivity contribution in [3.63, 3.8) is 0 Å². The van der Waals surface area contributed by atoms with E-state index < -0.39 is 6.36 Å². The van der Waals surface area contributed by atoms with Gasteiger partial charge in [0.05, 0.1) is 18.9 Å². The molecule has 0 heterocycles. The third kappa shape index (κ3) is 11.6. The molecule has 0 aliphatic carbocycles. The Balaban J connectivity index is 1.56. The van der Waals surface area contributed by atoms with E-state index in [4.69, 9.17) is 9.47 Å². The number of aryl methyl sites for hydroxylation is 1. The number of hydrogen-bond donors (Lipinski definition) is 1. The van der Waals surface area contributed by atoms with Crippen molar-refractivity contribution >= 4 is 11.7 Å². The van der Waals surface area contributed by atoms with Crippen LogP contribution in [-0.2, 0) is 16.0 Å². The standard InChI is InChI=1S/C32H38F3NO4/c1-2-38-31(37)15-8-3-4-11-23-39-30-21-18-27(26-16-19-28(20-17-26)40-32(33,34)35)24-29(30)36-22-10-9-14-25-12-6-5-7-13-25/h5-7,12-13,16-21,24,36H,2-4,8-11,14-15,22-23H2,1H3. The van der Waals surface area contributed by atoms with Gasteiger partial charge in [-0.2, -0.15) is 0 Å². The first-order valence-corrected chi connectivity index (χ1v) is 13.9. The summed E-state index contributed by atoms with van der Waals surface area (Å²) in [4.78, 5) is 11.5. The second-order valence-corrected chi connectivity index (χ2v) is 9.47. The van der Waals surface area contributed by atoms with Crippen molar-refractivity contribution in [2.75, 3.05) is 25.1 Å². The summed E-state index contributed by atoms with van der Waals surface area (Å²) in [7, 11) is 0. The van der Waals surface area contributed by atoms with E-state index >= 15 is 0 Å². The first kappa shape index (κ1) is 30.9. The minimum atomic E-state index is -4.72. The maximum absolute atomic E-state index is 12.5. The molecule has 216 valence electrons. The van der Waals surface area contributed by atoms with E-state index in [1.165, 1.54) is 17.7 Å². The number of halogens is 3. The molecule has 0 aromatic heterocycles. The number of esters is 1. The highest BCUT2D eigenvalue weighted by Crippen LogP contribution is 2.33. The van der Waals surface area contributed by atoms with Crippen LogP contribution < -0.4 is 14.8 Å². The molecule has 0 saturated heterocycles. The second kappa shape index (κ2) is 16.4. The Morgan fingerprint density at radius 1 is 0.825 bits per heavy atom. The van der Waals surface area contributed by atoms with Crippen LogP contribution in [0, 0.1) is 0 Å². The molecule has 40 heavy (non-hydrogen) atoms. The number of ether oxygens (including phenoxy) is 3. The Bertz CT molecular complexity index is 1150. The summed E-state index contributed by atoms with van der Waals surface area (Å²) in [5.41, 5.74) is 3.79. The smallest absolute Gasteiger partial charge is 0.491 e. The average Bonchev–Trinajstić information content (AvgIpc) is 2.93. The lowest BCUT2D eigenvalue weighted by atomic mass is 10.0. The van der Waals surface area contributed by atoms with Gasteiger partial charge in [-0.05, 0) is 80.0 Å². The number of benzene rings is 3. The number of unbranched alkanes of at least 4 members (excludes halogenated alkanes) is 4. The van der Waals surface area contributed by atoms with Crippen LogP contribution in [0.1, 0.15) is 57.4 Å². The van der Waals surface area contributed by atoms with E-state index in [2.05, 4.69) is 22.2 Å². The van der Waals surface area contributed by atoms with Crippen LogP contribution in [0.2, 0.25) is 0 Å². The maximum atomic E-state index is 12.5. The van der Waals surface area contributed by atoms with Crippen molar-refractivity contribution in [1.82, 2.24) is 0 Å². The lowest BCUT2D eigenvalue weighted by Gasteiger charge is -2.16. The van der Waals surface area contributed by atoms with Crippen molar-refractivity contribution in [2.24, 2.45) is 0 Å². The first-order valence-electron chi connectivity index (χ1n) is 13.9. The molecule has 5 nitrogen and oxygen atoms in total. The van der Waals surface area contributed by atoms with Crippen LogP contribution in [0.5, 0.6) is 11.5 Å². The highest BCUT2D eigenvalue weighted by Gasteiger charge is 2.31. The van der Waals surface area contributed by atoms with Gasteiger partial charge in [-0.25, -0.2) is 0 Å². The van der Waals surface area contributed by atoms with Crippen LogP contribution in [0.4, 0.5) is 18.9 Å². The third-order valence-corrected chi connectivity index (χ3v) is 6.29. The summed E-state index contributed by atoms with van der Waals surface area (Å²) in [5.74, 6) is 0.325. The molecule has 0 aliphatic rings. The van der Waals surface area contributed by atoms with Gasteiger partial charge in [0, 0.05) is 13.0 Å². The highest BCUT2D eigenvalue weighted by molar-refractivity contribution is 5.72. The molecule has 0 fully saturated rings. The van der Waals surface area contributed by atoms with Gasteiger partial charge in [0.25, 0.3) is 0 Å². The predicted molar refractivity (Wildman–Crippen MR) is 152 cm³/mol. The van der Waals surface area contributed by atoms with Crippen molar-refractivity contribution < 1.29 is 32.2 Å². The van der Waals surface area contributed by atoms with E-state index in [1.54, 1.807) is 19.1 Å². The molecule has 0 spiro atoms. The van der Waals surface area contributed by atoms with E-state index in [0.717, 1.165) is 74.1 Å². The number of rotatable bonds is 17. The van der Waals surface area contributed by atoms with E-state index in [0.29, 0.717) is 19.6 Å². The second-order valence-electron chi connectivity index (χ2n) is 9.47. The summed E-state index contributed by atoms with van der Waals surface area (Å²) in [6.07, 6.45) is 2.29. The van der Waals surface area contributed by atoms with Gasteiger partial charge in [-0.15, -0.1) is 13.2 Å². The van der Waals surface area contributed by atoms with Gasteiger partial charge in [0.2, 0.25) is 0 Å². The van der Waals surface area contributed by atoms with Crippen LogP contribution >= 0.6 is 0 Å². The zero-order valence-corrected chi connectivity index (χ0v) is 23.0. The SMILES string of the molecule is CCOC(=O)CCCCCCOc1ccc(-c2ccc(OC(F)(F)F)cc2)cc1NCCCCc1ccccc1. The number of anilines is 1. The Morgan fingerprint density at radius 2 is 1.55 bits per heavy atom. The molecule has 0 atom stereocenters. The zero-order valence-electron chi connectivity index (χ0n) is 23.0. The molecule has 8 heteroatoms. The molecule has 0 saturated carbocycles. The monoisotopic (exact) mass is 557 g/mol. The van der Waals surface area contributed by atoms with Crippen LogP contribution in [-0.4, -0.2) is 32.1 Å². The minimum absolute atomic E-state index is 0.152. The molecular weight excluding hydrogens is 519 g/mol. The molecule has 1 N–H and O–H groups in total. The number of carbonyl (C=O) groups is 1. The maximum Gasteiger partial charge on any atom is 0.573 e.